The van der Waals surface area contributed by atoms with Gasteiger partial charge in [0.25, 0.3) is 0 Å². The minimum absolute atomic E-state index is 0.0851. The molecule has 118 valence electrons. The summed E-state index contributed by atoms with van der Waals surface area (Å²) in [6.07, 6.45) is 0.557. The summed E-state index contributed by atoms with van der Waals surface area (Å²) in [7, 11) is 0. The Morgan fingerprint density at radius 3 is 2.82 bits per heavy atom. The molecule has 0 aliphatic carbocycles. The van der Waals surface area contributed by atoms with E-state index in [-0.39, 0.29) is 18.4 Å². The van der Waals surface area contributed by atoms with E-state index in [9.17, 15) is 18.0 Å². The molecule has 22 heavy (non-hydrogen) atoms. The van der Waals surface area contributed by atoms with Gasteiger partial charge in [-0.25, -0.2) is 4.98 Å². The largest absolute Gasteiger partial charge is 0.416 e. The molecule has 2 aromatic rings. The van der Waals surface area contributed by atoms with Gasteiger partial charge in [0.05, 0.1) is 18.3 Å². The zero-order valence-electron chi connectivity index (χ0n) is 12.0. The average Bonchev–Trinajstić information content (AvgIpc) is 2.90. The summed E-state index contributed by atoms with van der Waals surface area (Å²) in [5, 5.41) is 2.76. The Labute approximate surface area is 126 Å². The Morgan fingerprint density at radius 1 is 1.41 bits per heavy atom. The van der Waals surface area contributed by atoms with Crippen LogP contribution in [0.2, 0.25) is 0 Å². The topological polar surface area (TPSA) is 46.9 Å². The number of hydrogen-bond donors (Lipinski definition) is 1. The average molecular weight is 311 g/mol. The lowest BCUT2D eigenvalue weighted by atomic mass is 10.1. The number of benzene rings is 1. The number of alkyl halides is 3. The van der Waals surface area contributed by atoms with Crippen molar-refractivity contribution in [2.45, 2.75) is 32.1 Å². The molecule has 0 saturated carbocycles. The Bertz CT molecular complexity index is 623. The fraction of sp³-hybridized carbons (Fsp3) is 0.333. The molecule has 4 nitrogen and oxygen atoms in total. The van der Waals surface area contributed by atoms with Crippen LogP contribution in [0, 0.1) is 0 Å². The lowest BCUT2D eigenvalue weighted by Crippen LogP contribution is -2.36. The highest BCUT2D eigenvalue weighted by atomic mass is 19.4. The predicted octanol–water partition coefficient (Wildman–Crippen LogP) is 2.65. The zero-order chi connectivity index (χ0) is 16.2. The minimum Gasteiger partial charge on any atom is -0.352 e. The first kappa shape index (κ1) is 16.1. The van der Waals surface area contributed by atoms with E-state index < -0.39 is 11.7 Å². The van der Waals surface area contributed by atoms with Crippen molar-refractivity contribution < 1.29 is 18.0 Å². The first-order chi connectivity index (χ1) is 10.3. The summed E-state index contributed by atoms with van der Waals surface area (Å²) in [4.78, 5) is 15.8. The van der Waals surface area contributed by atoms with Crippen LogP contribution in [0.15, 0.2) is 43.0 Å². The van der Waals surface area contributed by atoms with Crippen molar-refractivity contribution in [3.05, 3.63) is 54.1 Å². The summed E-state index contributed by atoms with van der Waals surface area (Å²) < 4.78 is 39.7. The molecule has 1 amide bonds. The number of halogens is 3. The third kappa shape index (κ3) is 4.61. The molecule has 2 rings (SSSR count). The molecule has 0 spiro atoms. The molecule has 7 heteroatoms. The Hall–Kier alpha value is -2.31. The molecular weight excluding hydrogens is 295 g/mol. The third-order valence-corrected chi connectivity index (χ3v) is 3.07. The van der Waals surface area contributed by atoms with E-state index in [2.05, 4.69) is 10.3 Å². The van der Waals surface area contributed by atoms with Gasteiger partial charge >= 0.3 is 6.18 Å². The van der Waals surface area contributed by atoms with Crippen molar-refractivity contribution in [3.63, 3.8) is 0 Å². The van der Waals surface area contributed by atoms with E-state index in [0.29, 0.717) is 12.1 Å². The van der Waals surface area contributed by atoms with Gasteiger partial charge in [0.1, 0.15) is 0 Å². The van der Waals surface area contributed by atoms with E-state index in [0.717, 1.165) is 12.1 Å². The monoisotopic (exact) mass is 311 g/mol. The molecule has 0 bridgehead atoms. The van der Waals surface area contributed by atoms with E-state index in [1.165, 1.54) is 12.1 Å². The number of carbonyl (C=O) groups is 1. The molecule has 0 saturated heterocycles. The van der Waals surface area contributed by atoms with Gasteiger partial charge in [0, 0.05) is 25.0 Å². The van der Waals surface area contributed by atoms with Crippen LogP contribution in [0.5, 0.6) is 0 Å². The first-order valence-corrected chi connectivity index (χ1v) is 6.76. The molecule has 0 unspecified atom stereocenters. The van der Waals surface area contributed by atoms with Crippen LogP contribution >= 0.6 is 0 Å². The summed E-state index contributed by atoms with van der Waals surface area (Å²) in [6, 6.07) is 4.66. The van der Waals surface area contributed by atoms with Crippen LogP contribution in [0.3, 0.4) is 0 Å². The lowest BCUT2D eigenvalue weighted by molar-refractivity contribution is -0.137. The highest BCUT2D eigenvalue weighted by Crippen LogP contribution is 2.29. The number of nitrogens with zero attached hydrogens (tertiary/aromatic N) is 2. The fourth-order valence-corrected chi connectivity index (χ4v) is 2.13. The van der Waals surface area contributed by atoms with E-state index in [1.54, 1.807) is 18.7 Å². The summed E-state index contributed by atoms with van der Waals surface area (Å²) in [5.41, 5.74) is -0.411. The number of imidazole rings is 1. The molecular formula is C15H16F3N3O. The van der Waals surface area contributed by atoms with E-state index >= 15 is 0 Å². The smallest absolute Gasteiger partial charge is 0.352 e. The number of rotatable bonds is 5. The number of amides is 1. The van der Waals surface area contributed by atoms with Gasteiger partial charge in [-0.2, -0.15) is 13.2 Å². The second-order valence-corrected chi connectivity index (χ2v) is 5.10. The van der Waals surface area contributed by atoms with Crippen molar-refractivity contribution in [3.8, 4) is 0 Å². The van der Waals surface area contributed by atoms with Gasteiger partial charge in [-0.1, -0.05) is 18.2 Å². The fourth-order valence-electron chi connectivity index (χ4n) is 2.13. The Balaban J connectivity index is 1.91. The van der Waals surface area contributed by atoms with Crippen molar-refractivity contribution >= 4 is 5.91 Å². The second kappa shape index (κ2) is 6.64. The number of carbonyl (C=O) groups excluding carboxylic acids is 1. The van der Waals surface area contributed by atoms with E-state index in [4.69, 9.17) is 0 Å². The molecule has 0 fully saturated rings. The molecule has 1 atom stereocenters. The number of nitrogens with one attached hydrogen (secondary N) is 1. The van der Waals surface area contributed by atoms with Crippen LogP contribution in [0.25, 0.3) is 0 Å². The highest BCUT2D eigenvalue weighted by Gasteiger charge is 2.30. The van der Waals surface area contributed by atoms with Crippen LogP contribution in [-0.2, 0) is 23.9 Å². The third-order valence-electron chi connectivity index (χ3n) is 3.07. The molecule has 1 heterocycles. The van der Waals surface area contributed by atoms with Crippen molar-refractivity contribution in [2.24, 2.45) is 0 Å². The SMILES string of the molecule is C[C@@H](Cn1ccnc1)NC(=O)Cc1cccc(C(F)(F)F)c1. The van der Waals surface area contributed by atoms with Gasteiger partial charge in [-0.05, 0) is 18.6 Å². The van der Waals surface area contributed by atoms with Crippen LogP contribution < -0.4 is 5.32 Å². The molecule has 0 radical (unpaired) electrons. The number of hydrogen-bond acceptors (Lipinski definition) is 2. The molecule has 1 N–H and O–H groups in total. The molecule has 1 aromatic carbocycles. The van der Waals surface area contributed by atoms with Crippen molar-refractivity contribution in [2.75, 3.05) is 0 Å². The maximum Gasteiger partial charge on any atom is 0.416 e. The zero-order valence-corrected chi connectivity index (χ0v) is 12.0. The minimum atomic E-state index is -4.40. The van der Waals surface area contributed by atoms with Gasteiger partial charge in [-0.3, -0.25) is 4.79 Å². The Morgan fingerprint density at radius 2 is 2.18 bits per heavy atom. The summed E-state index contributed by atoms with van der Waals surface area (Å²) in [6.45, 7) is 2.37. The maximum absolute atomic E-state index is 12.6. The lowest BCUT2D eigenvalue weighted by Gasteiger charge is -2.15. The number of aromatic nitrogens is 2. The maximum atomic E-state index is 12.6. The van der Waals surface area contributed by atoms with E-state index in [1.807, 2.05) is 11.5 Å². The quantitative estimate of drug-likeness (QED) is 0.923. The van der Waals surface area contributed by atoms with Crippen LogP contribution in [0.4, 0.5) is 13.2 Å². The standard InChI is InChI=1S/C15H16F3N3O/c1-11(9-21-6-5-19-10-21)20-14(22)8-12-3-2-4-13(7-12)15(16,17)18/h2-7,10-11H,8-9H2,1H3,(H,20,22)/t11-/m0/s1. The van der Waals surface area contributed by atoms with Gasteiger partial charge in [0.15, 0.2) is 0 Å². The highest BCUT2D eigenvalue weighted by molar-refractivity contribution is 5.78. The predicted molar refractivity (Wildman–Crippen MR) is 75.0 cm³/mol. The van der Waals surface area contributed by atoms with Crippen molar-refractivity contribution in [1.82, 2.24) is 14.9 Å². The summed E-state index contributed by atoms with van der Waals surface area (Å²) in [5.74, 6) is -0.313. The van der Waals surface area contributed by atoms with Gasteiger partial charge in [-0.15, -0.1) is 0 Å². The molecule has 0 aliphatic rings. The second-order valence-electron chi connectivity index (χ2n) is 5.10. The Kier molecular flexibility index (Phi) is 4.85. The molecule has 1 aromatic heterocycles. The van der Waals surface area contributed by atoms with Gasteiger partial charge in [0.2, 0.25) is 5.91 Å². The van der Waals surface area contributed by atoms with Crippen LogP contribution in [0.1, 0.15) is 18.1 Å². The van der Waals surface area contributed by atoms with Crippen molar-refractivity contribution in [1.29, 1.82) is 0 Å². The normalized spacial score (nSPS) is 12.9. The first-order valence-electron chi connectivity index (χ1n) is 6.76. The molecule has 0 aliphatic heterocycles. The van der Waals surface area contributed by atoms with Gasteiger partial charge < -0.3 is 9.88 Å². The summed E-state index contributed by atoms with van der Waals surface area (Å²) >= 11 is 0. The van der Waals surface area contributed by atoms with Crippen LogP contribution in [-0.4, -0.2) is 21.5 Å².